The zero-order valence-corrected chi connectivity index (χ0v) is 16.5. The number of hydrogen-bond donors (Lipinski definition) is 2. The zero-order valence-electron chi connectivity index (χ0n) is 16.5. The molecule has 0 radical (unpaired) electrons. The van der Waals surface area contributed by atoms with Gasteiger partial charge in [0.1, 0.15) is 0 Å². The molecular weight excluding hydrogens is 346 g/mol. The molecule has 0 atom stereocenters. The van der Waals surface area contributed by atoms with Crippen LogP contribution in [0.3, 0.4) is 0 Å². The van der Waals surface area contributed by atoms with E-state index in [9.17, 15) is 14.4 Å². The predicted octanol–water partition coefficient (Wildman–Crippen LogP) is 3.02. The van der Waals surface area contributed by atoms with Crippen LogP contribution < -0.4 is 10.6 Å². The standard InChI is InChI=1S/C20H29N3O4/c1-5-27-19(26)23-11-9-15(10-12-23)21-17(24)14-7-6-8-16(13-14)22-18(25)20(2,3)4/h6-8,13,15H,5,9-12H2,1-4H3,(H,21,24)(H,22,25). The Balaban J connectivity index is 1.91. The Morgan fingerprint density at radius 3 is 2.44 bits per heavy atom. The molecule has 0 aromatic heterocycles. The van der Waals surface area contributed by atoms with Crippen LogP contribution in [-0.2, 0) is 9.53 Å². The predicted molar refractivity (Wildman–Crippen MR) is 104 cm³/mol. The molecule has 7 nitrogen and oxygen atoms in total. The summed E-state index contributed by atoms with van der Waals surface area (Å²) in [6.07, 6.45) is 1.07. The van der Waals surface area contributed by atoms with E-state index >= 15 is 0 Å². The van der Waals surface area contributed by atoms with Crippen molar-refractivity contribution in [1.29, 1.82) is 0 Å². The number of benzene rings is 1. The molecule has 0 aliphatic carbocycles. The van der Waals surface area contributed by atoms with Gasteiger partial charge < -0.3 is 20.3 Å². The molecule has 0 spiro atoms. The number of hydrogen-bond acceptors (Lipinski definition) is 4. The molecular formula is C20H29N3O4. The normalized spacial score (nSPS) is 15.2. The molecule has 1 aliphatic heterocycles. The number of anilines is 1. The Bertz CT molecular complexity index is 689. The summed E-state index contributed by atoms with van der Waals surface area (Å²) in [5.41, 5.74) is 0.583. The van der Waals surface area contributed by atoms with Crippen molar-refractivity contribution in [1.82, 2.24) is 10.2 Å². The quantitative estimate of drug-likeness (QED) is 0.847. The van der Waals surface area contributed by atoms with Crippen LogP contribution in [-0.4, -0.2) is 48.5 Å². The molecule has 148 valence electrons. The van der Waals surface area contributed by atoms with E-state index in [1.807, 2.05) is 20.8 Å². The molecule has 1 fully saturated rings. The van der Waals surface area contributed by atoms with Gasteiger partial charge in [0.15, 0.2) is 0 Å². The first-order valence-corrected chi connectivity index (χ1v) is 9.34. The van der Waals surface area contributed by atoms with Crippen LogP contribution in [0, 0.1) is 5.41 Å². The van der Waals surface area contributed by atoms with Gasteiger partial charge in [0.25, 0.3) is 5.91 Å². The van der Waals surface area contributed by atoms with Gasteiger partial charge in [-0.1, -0.05) is 26.8 Å². The Morgan fingerprint density at radius 2 is 1.85 bits per heavy atom. The first-order chi connectivity index (χ1) is 12.7. The summed E-state index contributed by atoms with van der Waals surface area (Å²) in [5, 5.41) is 5.84. The van der Waals surface area contributed by atoms with Crippen molar-refractivity contribution < 1.29 is 19.1 Å². The summed E-state index contributed by atoms with van der Waals surface area (Å²) in [6, 6.07) is 6.91. The minimum atomic E-state index is -0.509. The monoisotopic (exact) mass is 375 g/mol. The lowest BCUT2D eigenvalue weighted by atomic mass is 9.95. The van der Waals surface area contributed by atoms with Crippen molar-refractivity contribution in [3.8, 4) is 0 Å². The topological polar surface area (TPSA) is 87.7 Å². The molecule has 1 saturated heterocycles. The van der Waals surface area contributed by atoms with Gasteiger partial charge in [-0.2, -0.15) is 0 Å². The van der Waals surface area contributed by atoms with Crippen molar-refractivity contribution in [2.24, 2.45) is 5.41 Å². The highest BCUT2D eigenvalue weighted by atomic mass is 16.6. The third kappa shape index (κ3) is 5.98. The molecule has 0 unspecified atom stereocenters. The van der Waals surface area contributed by atoms with Gasteiger partial charge >= 0.3 is 6.09 Å². The molecule has 2 rings (SSSR count). The Labute approximate surface area is 160 Å². The summed E-state index contributed by atoms with van der Waals surface area (Å²) < 4.78 is 5.00. The number of ether oxygens (including phenoxy) is 1. The highest BCUT2D eigenvalue weighted by molar-refractivity contribution is 5.98. The number of amides is 3. The highest BCUT2D eigenvalue weighted by Gasteiger charge is 2.25. The SMILES string of the molecule is CCOC(=O)N1CCC(NC(=O)c2cccc(NC(=O)C(C)(C)C)c2)CC1. The lowest BCUT2D eigenvalue weighted by Gasteiger charge is -2.31. The number of nitrogens with zero attached hydrogens (tertiary/aromatic N) is 1. The highest BCUT2D eigenvalue weighted by Crippen LogP contribution is 2.19. The molecule has 0 bridgehead atoms. The molecule has 1 heterocycles. The first kappa shape index (κ1) is 20.7. The van der Waals surface area contributed by atoms with Gasteiger partial charge in [-0.3, -0.25) is 9.59 Å². The van der Waals surface area contributed by atoms with Crippen LogP contribution in [0.4, 0.5) is 10.5 Å². The second kappa shape index (κ2) is 8.88. The van der Waals surface area contributed by atoms with Gasteiger partial charge in [0, 0.05) is 35.8 Å². The molecule has 1 aromatic rings. The molecule has 2 N–H and O–H groups in total. The molecule has 7 heteroatoms. The number of rotatable bonds is 4. The minimum Gasteiger partial charge on any atom is -0.450 e. The van der Waals surface area contributed by atoms with E-state index in [0.29, 0.717) is 43.8 Å². The van der Waals surface area contributed by atoms with E-state index in [1.165, 1.54) is 0 Å². The summed E-state index contributed by atoms with van der Waals surface area (Å²) in [7, 11) is 0. The largest absolute Gasteiger partial charge is 0.450 e. The van der Waals surface area contributed by atoms with Crippen molar-refractivity contribution in [2.45, 2.75) is 46.6 Å². The van der Waals surface area contributed by atoms with Gasteiger partial charge in [-0.05, 0) is 38.0 Å². The van der Waals surface area contributed by atoms with E-state index in [2.05, 4.69) is 10.6 Å². The molecule has 27 heavy (non-hydrogen) atoms. The number of likely N-dealkylation sites (tertiary alicyclic amines) is 1. The Morgan fingerprint density at radius 1 is 1.19 bits per heavy atom. The van der Waals surface area contributed by atoms with Crippen LogP contribution >= 0.6 is 0 Å². The first-order valence-electron chi connectivity index (χ1n) is 9.34. The summed E-state index contributed by atoms with van der Waals surface area (Å²) in [4.78, 5) is 38.0. The summed E-state index contributed by atoms with van der Waals surface area (Å²) in [5.74, 6) is -0.289. The lowest BCUT2D eigenvalue weighted by molar-refractivity contribution is -0.123. The van der Waals surface area contributed by atoms with Crippen LogP contribution in [0.1, 0.15) is 50.9 Å². The molecule has 1 aliphatic rings. The Kier molecular flexibility index (Phi) is 6.82. The zero-order chi connectivity index (χ0) is 20.0. The van der Waals surface area contributed by atoms with Crippen molar-refractivity contribution >= 4 is 23.6 Å². The van der Waals surface area contributed by atoms with Gasteiger partial charge in [0.05, 0.1) is 6.61 Å². The lowest BCUT2D eigenvalue weighted by Crippen LogP contribution is -2.46. The van der Waals surface area contributed by atoms with Crippen LogP contribution in [0.15, 0.2) is 24.3 Å². The fourth-order valence-corrected chi connectivity index (χ4v) is 2.75. The fourth-order valence-electron chi connectivity index (χ4n) is 2.75. The van der Waals surface area contributed by atoms with E-state index in [4.69, 9.17) is 4.74 Å². The number of carbonyl (C=O) groups excluding carboxylic acids is 3. The third-order valence-corrected chi connectivity index (χ3v) is 4.42. The van der Waals surface area contributed by atoms with Gasteiger partial charge in [-0.15, -0.1) is 0 Å². The van der Waals surface area contributed by atoms with E-state index < -0.39 is 5.41 Å². The molecule has 1 aromatic carbocycles. The second-order valence-electron chi connectivity index (χ2n) is 7.72. The van der Waals surface area contributed by atoms with Gasteiger partial charge in [0.2, 0.25) is 5.91 Å². The molecule has 3 amide bonds. The van der Waals surface area contributed by atoms with E-state index in [1.54, 1.807) is 36.1 Å². The van der Waals surface area contributed by atoms with E-state index in [-0.39, 0.29) is 23.9 Å². The van der Waals surface area contributed by atoms with E-state index in [0.717, 1.165) is 0 Å². The van der Waals surface area contributed by atoms with Crippen LogP contribution in [0.2, 0.25) is 0 Å². The Hall–Kier alpha value is -2.57. The molecule has 0 saturated carbocycles. The van der Waals surface area contributed by atoms with Crippen LogP contribution in [0.5, 0.6) is 0 Å². The number of piperidine rings is 1. The number of carbonyl (C=O) groups is 3. The van der Waals surface area contributed by atoms with Crippen molar-refractivity contribution in [2.75, 3.05) is 25.0 Å². The number of nitrogens with one attached hydrogen (secondary N) is 2. The average Bonchev–Trinajstić information content (AvgIpc) is 2.62. The smallest absolute Gasteiger partial charge is 0.409 e. The maximum absolute atomic E-state index is 12.5. The maximum atomic E-state index is 12.5. The minimum absolute atomic E-state index is 0.0102. The summed E-state index contributed by atoms with van der Waals surface area (Å²) >= 11 is 0. The maximum Gasteiger partial charge on any atom is 0.409 e. The fraction of sp³-hybridized carbons (Fsp3) is 0.550. The van der Waals surface area contributed by atoms with Crippen molar-refractivity contribution in [3.63, 3.8) is 0 Å². The third-order valence-electron chi connectivity index (χ3n) is 4.42. The van der Waals surface area contributed by atoms with Gasteiger partial charge in [-0.25, -0.2) is 4.79 Å². The van der Waals surface area contributed by atoms with Crippen molar-refractivity contribution in [3.05, 3.63) is 29.8 Å². The average molecular weight is 375 g/mol. The summed E-state index contributed by atoms with van der Waals surface area (Å²) in [6.45, 7) is 8.77. The second-order valence-corrected chi connectivity index (χ2v) is 7.72. The van der Waals surface area contributed by atoms with Crippen LogP contribution in [0.25, 0.3) is 0 Å².